The fourth-order valence-corrected chi connectivity index (χ4v) is 3.97. The highest BCUT2D eigenvalue weighted by molar-refractivity contribution is 7.99. The monoisotopic (exact) mass is 269 g/mol. The highest BCUT2D eigenvalue weighted by atomic mass is 32.2. The van der Waals surface area contributed by atoms with Gasteiger partial charge in [-0.25, -0.2) is 0 Å². The second-order valence-electron chi connectivity index (χ2n) is 4.31. The fraction of sp³-hybridized carbons (Fsp3) is 0.538. The van der Waals surface area contributed by atoms with Gasteiger partial charge in [-0.2, -0.15) is 11.8 Å². The maximum atomic E-state index is 9.30. The molecular weight excluding hydrogens is 250 g/mol. The second-order valence-corrected chi connectivity index (χ2v) is 6.45. The molecule has 0 aromatic heterocycles. The zero-order chi connectivity index (χ0) is 12.3. The number of aliphatic hydroxyl groups is 1. The first-order valence-electron chi connectivity index (χ1n) is 5.87. The molecule has 94 valence electrons. The largest absolute Gasteiger partial charge is 0.395 e. The lowest BCUT2D eigenvalue weighted by Gasteiger charge is -2.25. The maximum absolute atomic E-state index is 9.30. The maximum Gasteiger partial charge on any atom is 0.0564 e. The summed E-state index contributed by atoms with van der Waals surface area (Å²) in [5, 5.41) is 13.2. The van der Waals surface area contributed by atoms with E-state index in [1.807, 2.05) is 11.8 Å². The Morgan fingerprint density at radius 3 is 3.00 bits per heavy atom. The molecule has 4 heteroatoms. The summed E-state index contributed by atoms with van der Waals surface area (Å²) in [6, 6.07) is 9.33. The molecule has 1 aromatic carbocycles. The smallest absolute Gasteiger partial charge is 0.0564 e. The third-order valence-electron chi connectivity index (χ3n) is 3.20. The molecule has 1 aliphatic heterocycles. The van der Waals surface area contributed by atoms with Crippen LogP contribution in [0.1, 0.15) is 18.5 Å². The number of nitrogens with one attached hydrogen (secondary N) is 1. The highest BCUT2D eigenvalue weighted by Gasteiger charge is 2.26. The van der Waals surface area contributed by atoms with Gasteiger partial charge in [0.25, 0.3) is 0 Å². The summed E-state index contributed by atoms with van der Waals surface area (Å²) in [6.07, 6.45) is 2.05. The first-order chi connectivity index (χ1) is 8.26. The Morgan fingerprint density at radius 1 is 1.53 bits per heavy atom. The average Bonchev–Trinajstić information content (AvgIpc) is 2.74. The van der Waals surface area contributed by atoms with Crippen LogP contribution < -0.4 is 5.32 Å². The normalized spacial score (nSPS) is 22.2. The van der Waals surface area contributed by atoms with Crippen LogP contribution in [-0.2, 0) is 0 Å². The summed E-state index contributed by atoms with van der Waals surface area (Å²) in [5.74, 6) is 1.09. The molecule has 2 rings (SSSR count). The van der Waals surface area contributed by atoms with E-state index in [1.54, 1.807) is 11.8 Å². The summed E-state index contributed by atoms with van der Waals surface area (Å²) in [7, 11) is 0. The van der Waals surface area contributed by atoms with Crippen LogP contribution in [0, 0.1) is 0 Å². The van der Waals surface area contributed by atoms with Crippen molar-refractivity contribution in [2.24, 2.45) is 0 Å². The lowest BCUT2D eigenvalue weighted by Crippen LogP contribution is -2.39. The zero-order valence-electron chi connectivity index (χ0n) is 10.2. The molecular formula is C13H19NOS2. The van der Waals surface area contributed by atoms with Gasteiger partial charge in [0.1, 0.15) is 0 Å². The third-order valence-corrected chi connectivity index (χ3v) is 5.55. The molecule has 0 saturated carbocycles. The van der Waals surface area contributed by atoms with Crippen LogP contribution in [0.3, 0.4) is 0 Å². The Kier molecular flexibility index (Phi) is 4.79. The molecule has 0 spiro atoms. The summed E-state index contributed by atoms with van der Waals surface area (Å²) in [5.41, 5.74) is 1.40. The van der Waals surface area contributed by atoms with E-state index in [-0.39, 0.29) is 11.9 Å². The minimum absolute atomic E-state index is 0.233. The van der Waals surface area contributed by atoms with E-state index in [0.717, 1.165) is 5.75 Å². The molecule has 0 aliphatic carbocycles. The van der Waals surface area contributed by atoms with E-state index < -0.39 is 0 Å². The Labute approximate surface area is 112 Å². The molecule has 0 bridgehead atoms. The minimum Gasteiger partial charge on any atom is -0.395 e. The van der Waals surface area contributed by atoms with Gasteiger partial charge in [-0.15, -0.1) is 11.8 Å². The van der Waals surface area contributed by atoms with Crippen LogP contribution in [-0.4, -0.2) is 35.0 Å². The Hall–Kier alpha value is -0.160. The van der Waals surface area contributed by atoms with Crippen LogP contribution in [0.4, 0.5) is 0 Å². The number of thioether (sulfide) groups is 2. The lowest BCUT2D eigenvalue weighted by molar-refractivity contribution is 0.272. The predicted octanol–water partition coefficient (Wildman–Crippen LogP) is 2.54. The van der Waals surface area contributed by atoms with Gasteiger partial charge in [-0.05, 0) is 24.8 Å². The molecule has 0 amide bonds. The van der Waals surface area contributed by atoms with Crippen molar-refractivity contribution in [1.82, 2.24) is 5.32 Å². The van der Waals surface area contributed by atoms with Crippen molar-refractivity contribution in [2.45, 2.75) is 29.2 Å². The predicted molar refractivity (Wildman–Crippen MR) is 76.9 cm³/mol. The van der Waals surface area contributed by atoms with E-state index in [0.29, 0.717) is 12.1 Å². The van der Waals surface area contributed by atoms with Gasteiger partial charge in [-0.3, -0.25) is 0 Å². The van der Waals surface area contributed by atoms with E-state index in [1.165, 1.54) is 10.5 Å². The topological polar surface area (TPSA) is 32.3 Å². The van der Waals surface area contributed by atoms with Gasteiger partial charge in [0.05, 0.1) is 6.61 Å². The average molecular weight is 269 g/mol. The Morgan fingerprint density at radius 2 is 2.29 bits per heavy atom. The van der Waals surface area contributed by atoms with Gasteiger partial charge < -0.3 is 10.4 Å². The van der Waals surface area contributed by atoms with Crippen LogP contribution in [0.25, 0.3) is 0 Å². The van der Waals surface area contributed by atoms with Crippen LogP contribution in [0.15, 0.2) is 29.2 Å². The van der Waals surface area contributed by atoms with Crippen molar-refractivity contribution in [3.05, 3.63) is 29.8 Å². The summed E-state index contributed by atoms with van der Waals surface area (Å²) >= 11 is 3.64. The number of aliphatic hydroxyl groups excluding tert-OH is 1. The second kappa shape index (κ2) is 6.14. The molecule has 3 unspecified atom stereocenters. The number of fused-ring (bicyclic) bond motifs is 1. The molecule has 3 atom stereocenters. The van der Waals surface area contributed by atoms with Crippen LogP contribution in [0.2, 0.25) is 0 Å². The summed E-state index contributed by atoms with van der Waals surface area (Å²) in [4.78, 5) is 1.39. The van der Waals surface area contributed by atoms with Gasteiger partial charge >= 0.3 is 0 Å². The first-order valence-corrected chi connectivity index (χ1v) is 8.15. The van der Waals surface area contributed by atoms with E-state index >= 15 is 0 Å². The molecule has 2 nitrogen and oxygen atoms in total. The number of rotatable bonds is 5. The molecule has 17 heavy (non-hydrogen) atoms. The standard InChI is InChI=1S/C13H19NOS2/c1-9(13(7-15)16-2)14-11-8-17-12-6-4-3-5-10(11)12/h3-6,9,11,13-15H,7-8H2,1-2H3. The van der Waals surface area contributed by atoms with E-state index in [2.05, 4.69) is 42.8 Å². The van der Waals surface area contributed by atoms with Crippen molar-refractivity contribution in [3.63, 3.8) is 0 Å². The first kappa shape index (κ1) is 13.3. The van der Waals surface area contributed by atoms with E-state index in [9.17, 15) is 5.11 Å². The SMILES string of the molecule is CSC(CO)C(C)NC1CSc2ccccc21. The number of hydrogen-bond acceptors (Lipinski definition) is 4. The fourth-order valence-electron chi connectivity index (χ4n) is 2.16. The number of hydrogen-bond donors (Lipinski definition) is 2. The molecule has 0 saturated heterocycles. The van der Waals surface area contributed by atoms with Crippen molar-refractivity contribution in [3.8, 4) is 0 Å². The van der Waals surface area contributed by atoms with Crippen LogP contribution in [0.5, 0.6) is 0 Å². The van der Waals surface area contributed by atoms with Crippen molar-refractivity contribution < 1.29 is 5.11 Å². The summed E-state index contributed by atoms with van der Waals surface area (Å²) < 4.78 is 0. The minimum atomic E-state index is 0.233. The highest BCUT2D eigenvalue weighted by Crippen LogP contribution is 2.38. The van der Waals surface area contributed by atoms with Crippen molar-refractivity contribution >= 4 is 23.5 Å². The molecule has 1 aliphatic rings. The van der Waals surface area contributed by atoms with Gasteiger partial charge in [0.2, 0.25) is 0 Å². The van der Waals surface area contributed by atoms with Crippen molar-refractivity contribution in [2.75, 3.05) is 18.6 Å². The van der Waals surface area contributed by atoms with Gasteiger partial charge in [0.15, 0.2) is 0 Å². The summed E-state index contributed by atoms with van der Waals surface area (Å²) in [6.45, 7) is 2.39. The quantitative estimate of drug-likeness (QED) is 0.860. The molecule has 1 heterocycles. The Balaban J connectivity index is 2.02. The van der Waals surface area contributed by atoms with Gasteiger partial charge in [-0.1, -0.05) is 18.2 Å². The number of benzene rings is 1. The van der Waals surface area contributed by atoms with Crippen molar-refractivity contribution in [1.29, 1.82) is 0 Å². The van der Waals surface area contributed by atoms with Crippen LogP contribution >= 0.6 is 23.5 Å². The van der Waals surface area contributed by atoms with Gasteiger partial charge in [0, 0.05) is 28.0 Å². The zero-order valence-corrected chi connectivity index (χ0v) is 11.9. The lowest BCUT2D eigenvalue weighted by atomic mass is 10.1. The molecule has 0 fully saturated rings. The molecule has 2 N–H and O–H groups in total. The molecule has 1 aromatic rings. The van der Waals surface area contributed by atoms with E-state index in [4.69, 9.17) is 0 Å². The molecule has 0 radical (unpaired) electrons. The third kappa shape index (κ3) is 2.99. The Bertz CT molecular complexity index is 368.